The molecule has 1 aromatic rings. The molecular formula is C17H21FN2O4S. The van der Waals surface area contributed by atoms with Crippen molar-refractivity contribution in [2.75, 3.05) is 11.1 Å². The number of thioether (sulfide) groups is 1. The van der Waals surface area contributed by atoms with E-state index in [1.165, 1.54) is 36.0 Å². The standard InChI is InChI=1S/C17H21FN2O4S/c1-10(16(22)20-14-5-2-11(8-14)17(23)24)25-9-15(21)19-13-6-3-12(18)4-7-13/h3-4,6-7,10-11,14H,2,5,8-9H2,1H3,(H,19,21)(H,20,22)(H,23,24)/t10?,11-,14+/m0/s1. The number of nitrogens with one attached hydrogen (secondary N) is 2. The van der Waals surface area contributed by atoms with Crippen LogP contribution in [0.15, 0.2) is 24.3 Å². The summed E-state index contributed by atoms with van der Waals surface area (Å²) in [4.78, 5) is 34.9. The minimum Gasteiger partial charge on any atom is -0.481 e. The van der Waals surface area contributed by atoms with Gasteiger partial charge in [0.15, 0.2) is 0 Å². The van der Waals surface area contributed by atoms with Gasteiger partial charge in [-0.15, -0.1) is 11.8 Å². The number of carbonyl (C=O) groups is 3. The highest BCUT2D eigenvalue weighted by Crippen LogP contribution is 2.26. The normalized spacial score (nSPS) is 20.7. The Bertz CT molecular complexity index is 638. The van der Waals surface area contributed by atoms with Crippen molar-refractivity contribution in [1.82, 2.24) is 5.32 Å². The molecule has 0 radical (unpaired) electrons. The number of rotatable bonds is 7. The van der Waals surface area contributed by atoms with Crippen molar-refractivity contribution in [3.63, 3.8) is 0 Å². The van der Waals surface area contributed by atoms with E-state index >= 15 is 0 Å². The van der Waals surface area contributed by atoms with E-state index in [1.807, 2.05) is 0 Å². The van der Waals surface area contributed by atoms with Gasteiger partial charge in [-0.2, -0.15) is 0 Å². The molecule has 0 aromatic heterocycles. The van der Waals surface area contributed by atoms with E-state index in [0.717, 1.165) is 0 Å². The average Bonchev–Trinajstić information content (AvgIpc) is 3.03. The Balaban J connectivity index is 1.71. The topological polar surface area (TPSA) is 95.5 Å². The first kappa shape index (κ1) is 19.2. The maximum Gasteiger partial charge on any atom is 0.306 e. The summed E-state index contributed by atoms with van der Waals surface area (Å²) in [5.74, 6) is -1.98. The second-order valence-electron chi connectivity index (χ2n) is 6.06. The van der Waals surface area contributed by atoms with Crippen LogP contribution in [0.5, 0.6) is 0 Å². The van der Waals surface area contributed by atoms with Crippen LogP contribution in [0.3, 0.4) is 0 Å². The Hall–Kier alpha value is -2.09. The maximum atomic E-state index is 12.8. The number of amides is 2. The van der Waals surface area contributed by atoms with E-state index < -0.39 is 17.1 Å². The summed E-state index contributed by atoms with van der Waals surface area (Å²) in [6.45, 7) is 1.70. The van der Waals surface area contributed by atoms with E-state index in [1.54, 1.807) is 6.92 Å². The molecule has 2 amide bonds. The molecule has 1 aliphatic rings. The summed E-state index contributed by atoms with van der Waals surface area (Å²) < 4.78 is 12.8. The van der Waals surface area contributed by atoms with Crippen LogP contribution >= 0.6 is 11.8 Å². The largest absolute Gasteiger partial charge is 0.481 e. The molecule has 1 unspecified atom stereocenters. The molecule has 136 valence electrons. The molecular weight excluding hydrogens is 347 g/mol. The van der Waals surface area contributed by atoms with Crippen LogP contribution in [0.4, 0.5) is 10.1 Å². The minimum atomic E-state index is -0.823. The van der Waals surface area contributed by atoms with Crippen molar-refractivity contribution in [3.8, 4) is 0 Å². The van der Waals surface area contributed by atoms with Crippen LogP contribution in [0.25, 0.3) is 0 Å². The van der Waals surface area contributed by atoms with Crippen molar-refractivity contribution in [3.05, 3.63) is 30.1 Å². The molecule has 3 N–H and O–H groups in total. The second kappa shape index (κ2) is 8.84. The van der Waals surface area contributed by atoms with Crippen molar-refractivity contribution >= 4 is 35.2 Å². The van der Waals surface area contributed by atoms with Gasteiger partial charge in [0, 0.05) is 11.7 Å². The fourth-order valence-electron chi connectivity index (χ4n) is 2.66. The first-order valence-corrected chi connectivity index (χ1v) is 9.10. The molecule has 1 aliphatic carbocycles. The number of aliphatic carboxylic acids is 1. The average molecular weight is 368 g/mol. The zero-order valence-electron chi connectivity index (χ0n) is 13.8. The minimum absolute atomic E-state index is 0.0916. The zero-order chi connectivity index (χ0) is 18.4. The van der Waals surface area contributed by atoms with E-state index in [9.17, 15) is 18.8 Å². The molecule has 1 fully saturated rings. The number of anilines is 1. The first-order valence-electron chi connectivity index (χ1n) is 8.05. The van der Waals surface area contributed by atoms with Crippen molar-refractivity contribution < 1.29 is 23.9 Å². The first-order chi connectivity index (χ1) is 11.8. The quantitative estimate of drug-likeness (QED) is 0.686. The highest BCUT2D eigenvalue weighted by atomic mass is 32.2. The number of halogens is 1. The van der Waals surface area contributed by atoms with Gasteiger partial charge in [0.05, 0.1) is 16.9 Å². The van der Waals surface area contributed by atoms with Crippen LogP contribution in [0.2, 0.25) is 0 Å². The molecule has 1 saturated carbocycles. The number of hydrogen-bond donors (Lipinski definition) is 3. The van der Waals surface area contributed by atoms with Crippen molar-refractivity contribution in [1.29, 1.82) is 0 Å². The fraction of sp³-hybridized carbons (Fsp3) is 0.471. The lowest BCUT2D eigenvalue weighted by molar-refractivity contribution is -0.141. The van der Waals surface area contributed by atoms with Gasteiger partial charge in [0.2, 0.25) is 11.8 Å². The molecule has 0 bridgehead atoms. The SMILES string of the molecule is CC(SCC(=O)Nc1ccc(F)cc1)C(=O)N[C@@H]1CC[C@H](C(=O)O)C1. The van der Waals surface area contributed by atoms with Crippen LogP contribution in [0, 0.1) is 11.7 Å². The summed E-state index contributed by atoms with van der Waals surface area (Å²) in [7, 11) is 0. The number of carboxylic acids is 1. The number of hydrogen-bond acceptors (Lipinski definition) is 4. The van der Waals surface area contributed by atoms with Crippen LogP contribution in [0.1, 0.15) is 26.2 Å². The van der Waals surface area contributed by atoms with E-state index in [0.29, 0.717) is 24.9 Å². The van der Waals surface area contributed by atoms with Gasteiger partial charge in [-0.3, -0.25) is 14.4 Å². The third kappa shape index (κ3) is 6.04. The van der Waals surface area contributed by atoms with Gasteiger partial charge in [0.25, 0.3) is 0 Å². The summed E-state index contributed by atoms with van der Waals surface area (Å²) >= 11 is 1.19. The molecule has 2 rings (SSSR count). The summed E-state index contributed by atoms with van der Waals surface area (Å²) in [5.41, 5.74) is 0.495. The van der Waals surface area contributed by atoms with Crippen molar-refractivity contribution in [2.45, 2.75) is 37.5 Å². The Labute approximate surface area is 149 Å². The molecule has 0 spiro atoms. The third-order valence-electron chi connectivity index (χ3n) is 4.09. The van der Waals surface area contributed by atoms with Crippen LogP contribution < -0.4 is 10.6 Å². The van der Waals surface area contributed by atoms with Crippen LogP contribution in [-0.4, -0.2) is 39.9 Å². The lowest BCUT2D eigenvalue weighted by Crippen LogP contribution is -2.38. The molecule has 8 heteroatoms. The van der Waals surface area contributed by atoms with Gasteiger partial charge in [-0.25, -0.2) is 4.39 Å². The highest BCUT2D eigenvalue weighted by molar-refractivity contribution is 8.01. The Morgan fingerprint density at radius 3 is 2.56 bits per heavy atom. The van der Waals surface area contributed by atoms with E-state index in [2.05, 4.69) is 10.6 Å². The number of carbonyl (C=O) groups excluding carboxylic acids is 2. The predicted molar refractivity (Wildman–Crippen MR) is 93.9 cm³/mol. The second-order valence-corrected chi connectivity index (χ2v) is 7.39. The summed E-state index contributed by atoms with van der Waals surface area (Å²) in [6, 6.07) is 5.32. The highest BCUT2D eigenvalue weighted by Gasteiger charge is 2.31. The van der Waals surface area contributed by atoms with Crippen LogP contribution in [-0.2, 0) is 14.4 Å². The lowest BCUT2D eigenvalue weighted by Gasteiger charge is -2.16. The maximum absolute atomic E-state index is 12.8. The molecule has 3 atom stereocenters. The van der Waals surface area contributed by atoms with Gasteiger partial charge in [0.1, 0.15) is 5.82 Å². The van der Waals surface area contributed by atoms with Crippen molar-refractivity contribution in [2.24, 2.45) is 5.92 Å². The van der Waals surface area contributed by atoms with Gasteiger partial charge in [-0.1, -0.05) is 0 Å². The van der Waals surface area contributed by atoms with Gasteiger partial charge in [-0.05, 0) is 50.5 Å². The molecule has 0 saturated heterocycles. The molecule has 6 nitrogen and oxygen atoms in total. The predicted octanol–water partition coefficient (Wildman–Crippen LogP) is 2.26. The summed E-state index contributed by atoms with van der Waals surface area (Å²) in [6.07, 6.45) is 1.68. The molecule has 0 aliphatic heterocycles. The summed E-state index contributed by atoms with van der Waals surface area (Å²) in [5, 5.41) is 14.0. The number of carboxylic acid groups (broad SMARTS) is 1. The Morgan fingerprint density at radius 2 is 1.96 bits per heavy atom. The third-order valence-corrected chi connectivity index (χ3v) is 5.23. The Kier molecular flexibility index (Phi) is 6.81. The Morgan fingerprint density at radius 1 is 1.28 bits per heavy atom. The molecule has 0 heterocycles. The fourth-order valence-corrected chi connectivity index (χ4v) is 3.36. The number of benzene rings is 1. The smallest absolute Gasteiger partial charge is 0.306 e. The van der Waals surface area contributed by atoms with E-state index in [-0.39, 0.29) is 29.4 Å². The molecule has 25 heavy (non-hydrogen) atoms. The monoisotopic (exact) mass is 368 g/mol. The van der Waals surface area contributed by atoms with Gasteiger partial charge >= 0.3 is 5.97 Å². The van der Waals surface area contributed by atoms with Gasteiger partial charge < -0.3 is 15.7 Å². The zero-order valence-corrected chi connectivity index (χ0v) is 14.6. The molecule has 1 aromatic carbocycles. The van der Waals surface area contributed by atoms with E-state index in [4.69, 9.17) is 5.11 Å². The lowest BCUT2D eigenvalue weighted by atomic mass is 10.1.